The molecular formula is C17H32N4O3. The molecule has 24 heavy (non-hydrogen) atoms. The van der Waals surface area contributed by atoms with Crippen LogP contribution in [0.25, 0.3) is 0 Å². The van der Waals surface area contributed by atoms with Gasteiger partial charge in [0.15, 0.2) is 0 Å². The molecule has 3 saturated heterocycles. The Balaban J connectivity index is 1.48. The van der Waals surface area contributed by atoms with E-state index in [9.17, 15) is 4.79 Å². The van der Waals surface area contributed by atoms with Gasteiger partial charge < -0.3 is 24.6 Å². The van der Waals surface area contributed by atoms with Crippen molar-refractivity contribution in [3.05, 3.63) is 0 Å². The molecule has 1 N–H and O–H groups in total. The summed E-state index contributed by atoms with van der Waals surface area (Å²) in [5, 5.41) is 3.19. The lowest BCUT2D eigenvalue weighted by Crippen LogP contribution is -2.57. The topological polar surface area (TPSA) is 57.3 Å². The first-order valence-electron chi connectivity index (χ1n) is 9.20. The Morgan fingerprint density at radius 1 is 1.12 bits per heavy atom. The van der Waals surface area contributed by atoms with Gasteiger partial charge in [-0.25, -0.2) is 4.79 Å². The van der Waals surface area contributed by atoms with Crippen LogP contribution in [0.15, 0.2) is 0 Å². The molecule has 3 heterocycles. The first kappa shape index (κ1) is 17.9. The lowest BCUT2D eigenvalue weighted by Gasteiger charge is -2.43. The molecule has 3 aliphatic heterocycles. The summed E-state index contributed by atoms with van der Waals surface area (Å²) in [6.45, 7) is 7.55. The fraction of sp³-hybridized carbons (Fsp3) is 0.941. The van der Waals surface area contributed by atoms with Gasteiger partial charge in [0.25, 0.3) is 0 Å². The summed E-state index contributed by atoms with van der Waals surface area (Å²) in [6, 6.07) is 0.573. The number of nitrogens with one attached hydrogen (secondary N) is 1. The van der Waals surface area contributed by atoms with E-state index in [1.54, 1.807) is 0 Å². The molecule has 7 nitrogen and oxygen atoms in total. The van der Waals surface area contributed by atoms with Crippen LogP contribution in [0.5, 0.6) is 0 Å². The van der Waals surface area contributed by atoms with Crippen molar-refractivity contribution in [1.29, 1.82) is 0 Å². The van der Waals surface area contributed by atoms with Crippen LogP contribution in [-0.4, -0.2) is 106 Å². The van der Waals surface area contributed by atoms with Crippen LogP contribution in [0.2, 0.25) is 0 Å². The first-order valence-corrected chi connectivity index (χ1v) is 9.20. The molecule has 0 spiro atoms. The first-order chi connectivity index (χ1) is 11.6. The van der Waals surface area contributed by atoms with Gasteiger partial charge in [0.1, 0.15) is 0 Å². The molecule has 2 amide bonds. The zero-order chi connectivity index (χ0) is 17.0. The van der Waals surface area contributed by atoms with Crippen LogP contribution in [0, 0.1) is 0 Å². The van der Waals surface area contributed by atoms with Crippen LogP contribution < -0.4 is 5.32 Å². The van der Waals surface area contributed by atoms with Crippen LogP contribution in [-0.2, 0) is 9.47 Å². The number of carbonyl (C=O) groups is 1. The summed E-state index contributed by atoms with van der Waals surface area (Å²) in [7, 11) is 4.20. The highest BCUT2D eigenvalue weighted by atomic mass is 16.5. The van der Waals surface area contributed by atoms with Crippen molar-refractivity contribution < 1.29 is 14.3 Å². The van der Waals surface area contributed by atoms with Gasteiger partial charge in [-0.15, -0.1) is 0 Å². The Bertz CT molecular complexity index is 420. The molecule has 0 unspecified atom stereocenters. The second kappa shape index (κ2) is 7.99. The molecule has 3 aliphatic rings. The number of amides is 2. The number of hydrogen-bond donors (Lipinski definition) is 1. The molecule has 0 saturated carbocycles. The Hall–Kier alpha value is -0.890. The normalized spacial score (nSPS) is 28.3. The minimum Gasteiger partial charge on any atom is -0.381 e. The van der Waals surface area contributed by atoms with Crippen molar-refractivity contribution in [3.8, 4) is 0 Å². The number of likely N-dealkylation sites (tertiary alicyclic amines) is 1. The maximum Gasteiger partial charge on any atom is 0.317 e. The van der Waals surface area contributed by atoms with E-state index in [1.165, 1.54) is 0 Å². The third kappa shape index (κ3) is 4.02. The minimum atomic E-state index is 0.0250. The van der Waals surface area contributed by atoms with E-state index in [-0.39, 0.29) is 11.6 Å². The smallest absolute Gasteiger partial charge is 0.317 e. The number of urea groups is 1. The number of ether oxygens (including phenoxy) is 2. The molecule has 0 aromatic carbocycles. The Kier molecular flexibility index (Phi) is 5.97. The van der Waals surface area contributed by atoms with Crippen molar-refractivity contribution >= 4 is 6.03 Å². The lowest BCUT2D eigenvalue weighted by atomic mass is 9.88. The third-order valence-corrected chi connectivity index (χ3v) is 5.95. The summed E-state index contributed by atoms with van der Waals surface area (Å²) in [5.41, 5.74) is 0.0250. The molecule has 1 atom stereocenters. The average molecular weight is 340 g/mol. The quantitative estimate of drug-likeness (QED) is 0.793. The van der Waals surface area contributed by atoms with Gasteiger partial charge in [-0.2, -0.15) is 0 Å². The fourth-order valence-electron chi connectivity index (χ4n) is 4.05. The van der Waals surface area contributed by atoms with Gasteiger partial charge in [-0.1, -0.05) is 0 Å². The SMILES string of the molecule is CN(C)C1(CNC(=O)N2CC[C@H](N3CCOCC3)C2)CCOCC1. The third-order valence-electron chi connectivity index (χ3n) is 5.95. The lowest BCUT2D eigenvalue weighted by molar-refractivity contribution is -0.00623. The maximum atomic E-state index is 12.6. The van der Waals surface area contributed by atoms with Gasteiger partial charge >= 0.3 is 6.03 Å². The summed E-state index contributed by atoms with van der Waals surface area (Å²) in [5.74, 6) is 0. The van der Waals surface area contributed by atoms with Crippen LogP contribution in [0.3, 0.4) is 0 Å². The zero-order valence-electron chi connectivity index (χ0n) is 15.1. The molecule has 7 heteroatoms. The molecule has 0 radical (unpaired) electrons. The van der Waals surface area contributed by atoms with Crippen molar-refractivity contribution in [2.45, 2.75) is 30.8 Å². The van der Waals surface area contributed by atoms with Crippen LogP contribution in [0.4, 0.5) is 4.79 Å². The number of morpholine rings is 1. The van der Waals surface area contributed by atoms with Crippen molar-refractivity contribution in [1.82, 2.24) is 20.0 Å². The summed E-state index contributed by atoms with van der Waals surface area (Å²) < 4.78 is 10.9. The Labute approximate surface area is 145 Å². The van der Waals surface area contributed by atoms with E-state index in [4.69, 9.17) is 9.47 Å². The van der Waals surface area contributed by atoms with Crippen molar-refractivity contribution in [2.24, 2.45) is 0 Å². The maximum absolute atomic E-state index is 12.6. The van der Waals surface area contributed by atoms with Crippen LogP contribution >= 0.6 is 0 Å². The molecule has 0 aliphatic carbocycles. The van der Waals surface area contributed by atoms with Crippen molar-refractivity contribution in [3.63, 3.8) is 0 Å². The number of carbonyl (C=O) groups excluding carboxylic acids is 1. The Morgan fingerprint density at radius 2 is 1.79 bits per heavy atom. The van der Waals surface area contributed by atoms with Gasteiger partial charge in [0.05, 0.1) is 13.2 Å². The summed E-state index contributed by atoms with van der Waals surface area (Å²) >= 11 is 0. The summed E-state index contributed by atoms with van der Waals surface area (Å²) in [6.07, 6.45) is 3.01. The average Bonchev–Trinajstić information content (AvgIpc) is 3.11. The van der Waals surface area contributed by atoms with E-state index in [0.717, 1.165) is 71.9 Å². The van der Waals surface area contributed by atoms with E-state index in [2.05, 4.69) is 29.2 Å². The van der Waals surface area contributed by atoms with E-state index < -0.39 is 0 Å². The highest BCUT2D eigenvalue weighted by molar-refractivity contribution is 5.74. The Morgan fingerprint density at radius 3 is 2.46 bits per heavy atom. The van der Waals surface area contributed by atoms with Crippen LogP contribution in [0.1, 0.15) is 19.3 Å². The predicted octanol–water partition coefficient (Wildman–Crippen LogP) is 0.213. The van der Waals surface area contributed by atoms with Gasteiger partial charge in [0.2, 0.25) is 0 Å². The number of nitrogens with zero attached hydrogens (tertiary/aromatic N) is 3. The standard InChI is InChI=1S/C17H32N4O3/c1-19(2)17(4-9-23-10-5-17)14-18-16(22)21-6-3-15(13-21)20-7-11-24-12-8-20/h15H,3-14H2,1-2H3,(H,18,22)/t15-/m0/s1. The van der Waals surface area contributed by atoms with Gasteiger partial charge in [-0.3, -0.25) is 4.90 Å². The fourth-order valence-corrected chi connectivity index (χ4v) is 4.05. The summed E-state index contributed by atoms with van der Waals surface area (Å²) in [4.78, 5) is 19.3. The minimum absolute atomic E-state index is 0.0250. The predicted molar refractivity (Wildman–Crippen MR) is 92.2 cm³/mol. The largest absolute Gasteiger partial charge is 0.381 e. The molecule has 0 bridgehead atoms. The number of hydrogen-bond acceptors (Lipinski definition) is 5. The van der Waals surface area contributed by atoms with Crippen molar-refractivity contribution in [2.75, 3.05) is 73.2 Å². The molecule has 3 rings (SSSR count). The molecule has 3 fully saturated rings. The molecule has 0 aromatic heterocycles. The van der Waals surface area contributed by atoms with Gasteiger partial charge in [-0.05, 0) is 33.4 Å². The number of rotatable bonds is 4. The highest BCUT2D eigenvalue weighted by Gasteiger charge is 2.36. The second-order valence-corrected chi connectivity index (χ2v) is 7.43. The van der Waals surface area contributed by atoms with E-state index in [0.29, 0.717) is 12.6 Å². The highest BCUT2D eigenvalue weighted by Crippen LogP contribution is 2.25. The molecule has 0 aromatic rings. The number of likely N-dealkylation sites (N-methyl/N-ethyl adjacent to an activating group) is 1. The molecular weight excluding hydrogens is 308 g/mol. The van der Waals surface area contributed by atoms with E-state index >= 15 is 0 Å². The zero-order valence-corrected chi connectivity index (χ0v) is 15.1. The molecule has 138 valence electrons. The monoisotopic (exact) mass is 340 g/mol. The van der Waals surface area contributed by atoms with E-state index in [1.807, 2.05) is 4.90 Å². The van der Waals surface area contributed by atoms with Gasteiger partial charge in [0, 0.05) is 57.5 Å². The second-order valence-electron chi connectivity index (χ2n) is 7.43.